The van der Waals surface area contributed by atoms with Crippen molar-refractivity contribution in [1.29, 1.82) is 0 Å². The Morgan fingerprint density at radius 3 is 2.10 bits per heavy atom. The molecule has 7 aromatic heterocycles. The van der Waals surface area contributed by atoms with Crippen molar-refractivity contribution in [2.24, 2.45) is 7.05 Å². The van der Waals surface area contributed by atoms with Crippen molar-refractivity contribution < 1.29 is 18.3 Å². The highest BCUT2D eigenvalue weighted by Gasteiger charge is 2.26. The number of anilines is 4. The molecule has 0 radical (unpaired) electrons. The predicted molar refractivity (Wildman–Crippen MR) is 218 cm³/mol. The monoisotopic (exact) mass is 768 g/mol. The average Bonchev–Trinajstić information content (AvgIpc) is 4.12. The van der Waals surface area contributed by atoms with Crippen LogP contribution in [0.4, 0.5) is 23.0 Å². The number of H-pyrrole nitrogens is 2. The summed E-state index contributed by atoms with van der Waals surface area (Å²) in [6.07, 6.45) is 9.65. The van der Waals surface area contributed by atoms with Crippen molar-refractivity contribution in [2.75, 3.05) is 24.9 Å². The molecule has 58 heavy (non-hydrogen) atoms. The third-order valence-electron chi connectivity index (χ3n) is 9.90. The lowest BCUT2D eigenvalue weighted by atomic mass is 9.97. The van der Waals surface area contributed by atoms with Gasteiger partial charge in [-0.2, -0.15) is 15.3 Å². The highest BCUT2D eigenvalue weighted by molar-refractivity contribution is 6.04. The minimum Gasteiger partial charge on any atom is -0.495 e. The molecule has 0 fully saturated rings. The molecule has 0 spiro atoms. The highest BCUT2D eigenvalue weighted by atomic mass is 16.5. The van der Waals surface area contributed by atoms with E-state index < -0.39 is 0 Å². The van der Waals surface area contributed by atoms with Crippen LogP contribution in [-0.2, 0) is 7.05 Å². The quantitative estimate of drug-likeness (QED) is 0.0976. The van der Waals surface area contributed by atoms with Crippen LogP contribution in [-0.4, -0.2) is 64.3 Å². The Kier molecular flexibility index (Phi) is 8.32. The van der Waals surface area contributed by atoms with E-state index in [-0.39, 0.29) is 0 Å². The zero-order valence-electron chi connectivity index (χ0n) is 31.2. The van der Waals surface area contributed by atoms with Gasteiger partial charge in [0.2, 0.25) is 0 Å². The number of fused-ring (bicyclic) bond motifs is 2. The fourth-order valence-corrected chi connectivity index (χ4v) is 7.20. The molecule has 16 nitrogen and oxygen atoms in total. The predicted octanol–water partition coefficient (Wildman–Crippen LogP) is 8.78. The number of nitrogens with one attached hydrogen (secondary N) is 4. The van der Waals surface area contributed by atoms with Crippen LogP contribution in [0.2, 0.25) is 0 Å². The van der Waals surface area contributed by atoms with E-state index in [0.717, 1.165) is 33.3 Å². The van der Waals surface area contributed by atoms with Gasteiger partial charge in [0.25, 0.3) is 0 Å². The molecule has 10 aromatic rings. The number of rotatable bonds is 11. The molecule has 7 heterocycles. The lowest BCUT2D eigenvalue weighted by Crippen LogP contribution is -2.01. The van der Waals surface area contributed by atoms with Crippen LogP contribution in [0, 0.1) is 0 Å². The molecular weight excluding hydrogens is 737 g/mol. The van der Waals surface area contributed by atoms with E-state index in [1.54, 1.807) is 39.2 Å². The SMILES string of the molecule is COc1ccc(-c2ccnn2C)cc1Nc1ncnc2[nH]nc(-c3occc3-c3cc(-c4ccoc4)cc(Nc4ncnc5[nH]nc(-c6ccccc6)c45)c3OC)c12. The number of aryl methyl sites for hydroxylation is 1. The van der Waals surface area contributed by atoms with Crippen LogP contribution in [0.15, 0.2) is 125 Å². The van der Waals surface area contributed by atoms with Gasteiger partial charge in [0.15, 0.2) is 17.1 Å². The Balaban J connectivity index is 1.10. The maximum Gasteiger partial charge on any atom is 0.162 e. The highest BCUT2D eigenvalue weighted by Crippen LogP contribution is 2.47. The number of aromatic nitrogens is 10. The smallest absolute Gasteiger partial charge is 0.162 e. The molecule has 284 valence electrons. The summed E-state index contributed by atoms with van der Waals surface area (Å²) in [7, 11) is 5.14. The molecule has 0 saturated heterocycles. The maximum absolute atomic E-state index is 6.28. The second kappa shape index (κ2) is 14.1. The number of aromatic amines is 2. The van der Waals surface area contributed by atoms with Gasteiger partial charge in [0.05, 0.1) is 60.9 Å². The summed E-state index contributed by atoms with van der Waals surface area (Å²) in [6.45, 7) is 0. The Hall–Kier alpha value is -8.27. The molecule has 0 bridgehead atoms. The van der Waals surface area contributed by atoms with Crippen molar-refractivity contribution in [2.45, 2.75) is 0 Å². The molecule has 0 amide bonds. The maximum atomic E-state index is 6.28. The van der Waals surface area contributed by atoms with Gasteiger partial charge in [0.1, 0.15) is 47.2 Å². The number of benzene rings is 3. The molecule has 0 aliphatic heterocycles. The summed E-state index contributed by atoms with van der Waals surface area (Å²) in [5.74, 6) is 2.62. The standard InChI is InChI=1S/C42H32N12O4/c1-54-31(11-14-47-54)24-9-10-32(55-2)29(18-24)48-40-34-36(51-53-42(34)46-22-44-40)38-27(13-16-58-38)28-17-26(25-12-15-57-20-25)19-30(37(28)56-3)49-39-33-35(23-7-5-4-6-8-23)50-52-41(33)45-21-43-39/h4-22H,1-3H3,(H2,43,45,49,50,52)(H2,44,46,48,51,53). The van der Waals surface area contributed by atoms with Crippen LogP contribution in [0.1, 0.15) is 0 Å². The third kappa shape index (κ3) is 5.83. The third-order valence-corrected chi connectivity index (χ3v) is 9.90. The first kappa shape index (κ1) is 34.2. The van der Waals surface area contributed by atoms with Crippen molar-refractivity contribution in [1.82, 2.24) is 50.1 Å². The second-order valence-electron chi connectivity index (χ2n) is 13.2. The first-order chi connectivity index (χ1) is 28.6. The Labute approximate surface area is 328 Å². The van der Waals surface area contributed by atoms with Gasteiger partial charge in [-0.15, -0.1) is 0 Å². The number of furan rings is 2. The van der Waals surface area contributed by atoms with Crippen molar-refractivity contribution in [3.8, 4) is 67.7 Å². The first-order valence-corrected chi connectivity index (χ1v) is 18.0. The largest absolute Gasteiger partial charge is 0.495 e. The van der Waals surface area contributed by atoms with Crippen LogP contribution >= 0.6 is 0 Å². The van der Waals surface area contributed by atoms with E-state index in [1.807, 2.05) is 90.6 Å². The molecule has 10 rings (SSSR count). The lowest BCUT2D eigenvalue weighted by Gasteiger charge is -2.17. The summed E-state index contributed by atoms with van der Waals surface area (Å²) in [6, 6.07) is 25.5. The normalized spacial score (nSPS) is 11.4. The number of ether oxygens (including phenoxy) is 2. The van der Waals surface area contributed by atoms with Gasteiger partial charge in [-0.25, -0.2) is 19.9 Å². The molecule has 3 aromatic carbocycles. The summed E-state index contributed by atoms with van der Waals surface area (Å²) in [5, 5.41) is 28.1. The number of hydrogen-bond donors (Lipinski definition) is 4. The van der Waals surface area contributed by atoms with Gasteiger partial charge in [0, 0.05) is 41.1 Å². The fourth-order valence-electron chi connectivity index (χ4n) is 7.20. The molecule has 16 heteroatoms. The average molecular weight is 769 g/mol. The molecule has 0 saturated carbocycles. The fraction of sp³-hybridized carbons (Fsp3) is 0.0714. The van der Waals surface area contributed by atoms with Crippen LogP contribution in [0.25, 0.3) is 78.3 Å². The number of methoxy groups -OCH3 is 2. The Bertz CT molecular complexity index is 3070. The Morgan fingerprint density at radius 1 is 0.655 bits per heavy atom. The van der Waals surface area contributed by atoms with Crippen molar-refractivity contribution >= 4 is 45.1 Å². The van der Waals surface area contributed by atoms with Crippen LogP contribution in [0.5, 0.6) is 11.5 Å². The summed E-state index contributed by atoms with van der Waals surface area (Å²) in [5.41, 5.74) is 9.48. The van der Waals surface area contributed by atoms with Crippen molar-refractivity contribution in [3.05, 3.63) is 117 Å². The molecular formula is C42H32N12O4. The topological polar surface area (TPSA) is 196 Å². The zero-order valence-corrected chi connectivity index (χ0v) is 31.2. The number of nitrogens with zero attached hydrogens (tertiary/aromatic N) is 8. The minimum absolute atomic E-state index is 0.457. The minimum atomic E-state index is 0.457. The van der Waals surface area contributed by atoms with Crippen LogP contribution < -0.4 is 20.1 Å². The van der Waals surface area contributed by atoms with Gasteiger partial charge < -0.3 is 28.9 Å². The van der Waals surface area contributed by atoms with E-state index in [9.17, 15) is 0 Å². The summed E-state index contributed by atoms with van der Waals surface area (Å²) >= 11 is 0. The summed E-state index contributed by atoms with van der Waals surface area (Å²) in [4.78, 5) is 18.3. The molecule has 0 aliphatic carbocycles. The number of hydrogen-bond acceptors (Lipinski definition) is 13. The molecule has 0 atom stereocenters. The van der Waals surface area contributed by atoms with Crippen molar-refractivity contribution in [3.63, 3.8) is 0 Å². The second-order valence-corrected chi connectivity index (χ2v) is 13.2. The van der Waals surface area contributed by atoms with Crippen LogP contribution in [0.3, 0.4) is 0 Å². The first-order valence-electron chi connectivity index (χ1n) is 18.0. The molecule has 0 aliphatic rings. The van der Waals surface area contributed by atoms with E-state index in [1.165, 1.54) is 12.7 Å². The van der Waals surface area contributed by atoms with E-state index in [4.69, 9.17) is 23.4 Å². The summed E-state index contributed by atoms with van der Waals surface area (Å²) < 4.78 is 25.6. The van der Waals surface area contributed by atoms with E-state index in [0.29, 0.717) is 79.5 Å². The zero-order chi connectivity index (χ0) is 39.2. The van der Waals surface area contributed by atoms with Gasteiger partial charge in [-0.05, 0) is 54.1 Å². The van der Waals surface area contributed by atoms with E-state index in [2.05, 4.69) is 51.0 Å². The lowest BCUT2D eigenvalue weighted by molar-refractivity contribution is 0.417. The Morgan fingerprint density at radius 2 is 1.40 bits per heavy atom. The van der Waals surface area contributed by atoms with Gasteiger partial charge in [-0.1, -0.05) is 30.3 Å². The molecule has 4 N–H and O–H groups in total. The molecule has 0 unspecified atom stereocenters. The van der Waals surface area contributed by atoms with Gasteiger partial charge in [-0.3, -0.25) is 14.9 Å². The van der Waals surface area contributed by atoms with Gasteiger partial charge >= 0.3 is 0 Å². The van der Waals surface area contributed by atoms with E-state index >= 15 is 0 Å².